The molecule has 7 atom stereocenters. The molecule has 346 valence electrons. The van der Waals surface area contributed by atoms with E-state index in [1.54, 1.807) is 10.9 Å². The number of aromatic nitrogens is 4. The van der Waals surface area contributed by atoms with Crippen molar-refractivity contribution in [3.63, 3.8) is 0 Å². The van der Waals surface area contributed by atoms with Gasteiger partial charge in [0, 0.05) is 32.8 Å². The second-order valence-electron chi connectivity index (χ2n) is 20.6. The summed E-state index contributed by atoms with van der Waals surface area (Å²) in [6.45, 7) is 26.2. The molecule has 0 unspecified atom stereocenters. The van der Waals surface area contributed by atoms with Crippen molar-refractivity contribution in [2.24, 2.45) is 0 Å². The molecule has 0 radical (unpaired) electrons. The van der Waals surface area contributed by atoms with Crippen LogP contribution in [0.2, 0.25) is 36.3 Å². The summed E-state index contributed by atoms with van der Waals surface area (Å²) < 4.78 is 40.3. The van der Waals surface area contributed by atoms with Gasteiger partial charge in [0.15, 0.2) is 46.1 Å². The SMILES string of the molecule is CC(=O)O[C@@H]1[C@H](OC(C)=O)[C@@H](OC(C)=O)c2cc3ccc4cccc5ccc(c2[C@@H]1Nc1nc2c(ncn2[C@H]2C[C@H](O[Si](C)(C)C(C)(C)C)[C@@H](CO[Si](C)(C)C(C)(C)C)O2)c(=O)[nH]1)c3c45. The third kappa shape index (κ3) is 8.57. The average molecular weight is 924 g/mol. The van der Waals surface area contributed by atoms with Crippen molar-refractivity contribution < 1.29 is 42.2 Å². The van der Waals surface area contributed by atoms with Gasteiger partial charge in [-0.25, -0.2) is 4.98 Å². The van der Waals surface area contributed by atoms with Crippen molar-refractivity contribution >= 4 is 84.0 Å². The first-order chi connectivity index (χ1) is 30.3. The van der Waals surface area contributed by atoms with Crippen LogP contribution in [0.15, 0.2) is 59.7 Å². The Kier molecular flexibility index (Phi) is 11.8. The molecule has 8 rings (SSSR count). The summed E-state index contributed by atoms with van der Waals surface area (Å²) in [5.41, 5.74) is 0.972. The number of esters is 3. The Bertz CT molecular complexity index is 2860. The molecule has 0 amide bonds. The summed E-state index contributed by atoms with van der Waals surface area (Å²) in [7, 11) is -4.44. The number of aromatic amines is 1. The summed E-state index contributed by atoms with van der Waals surface area (Å²) >= 11 is 0. The monoisotopic (exact) mass is 923 g/mol. The molecule has 1 aliphatic carbocycles. The van der Waals surface area contributed by atoms with Crippen molar-refractivity contribution in [3.05, 3.63) is 76.3 Å². The lowest BCUT2D eigenvalue weighted by Gasteiger charge is -2.43. The molecule has 0 saturated carbocycles. The number of benzene rings is 4. The van der Waals surface area contributed by atoms with E-state index >= 15 is 0 Å². The summed E-state index contributed by atoms with van der Waals surface area (Å²) in [5, 5.41) is 8.99. The lowest BCUT2D eigenvalue weighted by molar-refractivity contribution is -0.187. The molecule has 1 saturated heterocycles. The number of carbonyl (C=O) groups excluding carboxylic acids is 3. The molecule has 0 spiro atoms. The normalized spacial score (nSPS) is 23.0. The molecule has 15 nitrogen and oxygen atoms in total. The number of hydrogen-bond donors (Lipinski definition) is 2. The summed E-state index contributed by atoms with van der Waals surface area (Å²) in [4.78, 5) is 65.1. The lowest BCUT2D eigenvalue weighted by Crippen LogP contribution is -2.50. The van der Waals surface area contributed by atoms with Crippen LogP contribution in [-0.4, -0.2) is 85.1 Å². The maximum Gasteiger partial charge on any atom is 0.303 e. The number of imidazole rings is 1. The Labute approximate surface area is 380 Å². The molecule has 2 aliphatic rings. The van der Waals surface area contributed by atoms with E-state index < -0.39 is 76.8 Å². The smallest absolute Gasteiger partial charge is 0.303 e. The van der Waals surface area contributed by atoms with Gasteiger partial charge in [0.05, 0.1) is 25.1 Å². The zero-order valence-electron chi connectivity index (χ0n) is 39.6. The molecule has 2 N–H and O–H groups in total. The number of fused-ring (bicyclic) bond motifs is 3. The predicted molar refractivity (Wildman–Crippen MR) is 254 cm³/mol. The van der Waals surface area contributed by atoms with Crippen LogP contribution in [0.3, 0.4) is 0 Å². The number of anilines is 1. The van der Waals surface area contributed by atoms with Crippen LogP contribution in [0.1, 0.15) is 98.2 Å². The summed E-state index contributed by atoms with van der Waals surface area (Å²) in [5.74, 6) is -1.95. The Balaban J connectivity index is 1.25. The number of rotatable bonds is 11. The van der Waals surface area contributed by atoms with E-state index in [0.29, 0.717) is 24.2 Å². The zero-order valence-corrected chi connectivity index (χ0v) is 41.6. The number of nitrogens with zero attached hydrogens (tertiary/aromatic N) is 3. The maximum atomic E-state index is 14.0. The molecule has 6 aromatic rings. The zero-order chi connectivity index (χ0) is 47.1. The molecule has 1 fully saturated rings. The first-order valence-corrected chi connectivity index (χ1v) is 28.1. The van der Waals surface area contributed by atoms with Crippen LogP contribution < -0.4 is 10.9 Å². The molecule has 1 aliphatic heterocycles. The number of nitrogens with one attached hydrogen (secondary N) is 2. The van der Waals surface area contributed by atoms with Gasteiger partial charge < -0.3 is 33.1 Å². The van der Waals surface area contributed by atoms with Crippen molar-refractivity contribution in [2.45, 2.75) is 148 Å². The van der Waals surface area contributed by atoms with E-state index in [1.807, 2.05) is 48.5 Å². The summed E-state index contributed by atoms with van der Waals surface area (Å²) in [6.07, 6.45) is -3.01. The highest BCUT2D eigenvalue weighted by molar-refractivity contribution is 6.74. The fourth-order valence-electron chi connectivity index (χ4n) is 8.81. The van der Waals surface area contributed by atoms with Crippen molar-refractivity contribution in [1.82, 2.24) is 19.5 Å². The van der Waals surface area contributed by atoms with Gasteiger partial charge in [0.1, 0.15) is 12.3 Å². The second kappa shape index (κ2) is 16.6. The highest BCUT2D eigenvalue weighted by Gasteiger charge is 2.51. The van der Waals surface area contributed by atoms with Crippen LogP contribution in [0.5, 0.6) is 0 Å². The average Bonchev–Trinajstić information content (AvgIpc) is 3.81. The molecule has 0 bridgehead atoms. The molecular formula is C48H61N5O10Si2. The van der Waals surface area contributed by atoms with E-state index in [-0.39, 0.29) is 33.3 Å². The molecule has 17 heteroatoms. The summed E-state index contributed by atoms with van der Waals surface area (Å²) in [6, 6.07) is 15.0. The maximum absolute atomic E-state index is 14.0. The quantitative estimate of drug-likeness (QED) is 0.0543. The standard InChI is InChI=1S/C48H61N5O10Si2/c1-25(54)59-41-32-21-30-18-17-28-15-14-16-29-19-20-31(37(30)36(28)29)38(32)39(42(60-26(2)55)43(41)61-27(3)56)50-46-51-44-40(45(57)52-46)49-24-53(44)35-22-33(63-65(12,13)48(7,8)9)34(62-35)23-58-64(10,11)47(4,5)6/h14-21,24,33-35,39,41-43H,22-23H2,1-13H3,(H2,50,51,52,57)/t33-,34+,35+,39-,41-,42-,43+/m0/s1. The highest BCUT2D eigenvalue weighted by Crippen LogP contribution is 2.50. The topological polar surface area (TPSA) is 182 Å². The fourth-order valence-corrected chi connectivity index (χ4v) is 11.2. The van der Waals surface area contributed by atoms with Crippen LogP contribution in [-0.2, 0) is 42.2 Å². The Morgan fingerprint density at radius 1 is 0.831 bits per heavy atom. The van der Waals surface area contributed by atoms with Gasteiger partial charge in [-0.1, -0.05) is 84.0 Å². The van der Waals surface area contributed by atoms with E-state index in [4.69, 9.17) is 32.8 Å². The number of H-pyrrole nitrogens is 1. The van der Waals surface area contributed by atoms with E-state index in [2.05, 4.69) is 83.0 Å². The van der Waals surface area contributed by atoms with Crippen LogP contribution >= 0.6 is 0 Å². The molecule has 2 aromatic heterocycles. The van der Waals surface area contributed by atoms with Crippen molar-refractivity contribution in [1.29, 1.82) is 0 Å². The number of ether oxygens (including phenoxy) is 4. The second-order valence-corrected chi connectivity index (χ2v) is 30.2. The third-order valence-electron chi connectivity index (χ3n) is 14.1. The van der Waals surface area contributed by atoms with Gasteiger partial charge in [0.25, 0.3) is 5.56 Å². The first kappa shape index (κ1) is 46.3. The van der Waals surface area contributed by atoms with Crippen LogP contribution in [0.25, 0.3) is 43.5 Å². The first-order valence-electron chi connectivity index (χ1n) is 22.3. The predicted octanol–water partition coefficient (Wildman–Crippen LogP) is 9.35. The molecule has 3 heterocycles. The van der Waals surface area contributed by atoms with Gasteiger partial charge in [-0.2, -0.15) is 4.98 Å². The van der Waals surface area contributed by atoms with Crippen molar-refractivity contribution in [3.8, 4) is 0 Å². The van der Waals surface area contributed by atoms with Gasteiger partial charge in [-0.05, 0) is 80.2 Å². The molecular weight excluding hydrogens is 863 g/mol. The van der Waals surface area contributed by atoms with Crippen LogP contribution in [0.4, 0.5) is 5.95 Å². The minimum absolute atomic E-state index is 0.0135. The van der Waals surface area contributed by atoms with Gasteiger partial charge in [-0.15, -0.1) is 0 Å². The van der Waals surface area contributed by atoms with E-state index in [9.17, 15) is 19.2 Å². The van der Waals surface area contributed by atoms with E-state index in [1.165, 1.54) is 20.8 Å². The Morgan fingerprint density at radius 2 is 1.45 bits per heavy atom. The van der Waals surface area contributed by atoms with Gasteiger partial charge in [0.2, 0.25) is 5.95 Å². The largest absolute Gasteiger partial charge is 0.456 e. The van der Waals surface area contributed by atoms with E-state index in [0.717, 1.165) is 32.3 Å². The molecule has 4 aromatic carbocycles. The molecule has 65 heavy (non-hydrogen) atoms. The van der Waals surface area contributed by atoms with Gasteiger partial charge >= 0.3 is 17.9 Å². The minimum atomic E-state index is -2.28. The number of carbonyl (C=O) groups is 3. The Hall–Kier alpha value is -5.21. The van der Waals surface area contributed by atoms with Crippen molar-refractivity contribution in [2.75, 3.05) is 11.9 Å². The highest BCUT2D eigenvalue weighted by atomic mass is 28.4. The third-order valence-corrected chi connectivity index (χ3v) is 23.1. The Morgan fingerprint density at radius 3 is 2.08 bits per heavy atom. The van der Waals surface area contributed by atoms with Gasteiger partial charge in [-0.3, -0.25) is 28.7 Å². The minimum Gasteiger partial charge on any atom is -0.456 e. The lowest BCUT2D eigenvalue weighted by atomic mass is 9.77. The fraction of sp³-hybridized carbons (Fsp3) is 0.500. The van der Waals surface area contributed by atoms with Crippen LogP contribution in [0, 0.1) is 0 Å². The number of hydrogen-bond acceptors (Lipinski definition) is 13.